The molecule has 4 atom stereocenters. The van der Waals surface area contributed by atoms with Gasteiger partial charge in [-0.2, -0.15) is 41.4 Å². The Morgan fingerprint density at radius 2 is 1.00 bits per heavy atom. The summed E-state index contributed by atoms with van der Waals surface area (Å²) in [5.41, 5.74) is 8.44. The molecule has 10 rings (SSSR count). The number of pyridine rings is 2. The Bertz CT molecular complexity index is 2770. The number of hydrogen-bond donors (Lipinski definition) is 1. The van der Waals surface area contributed by atoms with E-state index >= 15 is 0 Å². The highest BCUT2D eigenvalue weighted by Gasteiger charge is 2.43. The third-order valence-electron chi connectivity index (χ3n) is 13.0. The first-order valence-electron chi connectivity index (χ1n) is 22.9. The molecule has 4 unspecified atom stereocenters. The molecule has 2 aromatic carbocycles. The molecular weight excluding hydrogens is 1050 g/mol. The molecule has 2 saturated carbocycles. The molecule has 0 radical (unpaired) electrons. The van der Waals surface area contributed by atoms with Crippen LogP contribution in [0.15, 0.2) is 77.8 Å². The van der Waals surface area contributed by atoms with Gasteiger partial charge < -0.3 is 34.5 Å². The van der Waals surface area contributed by atoms with E-state index in [2.05, 4.69) is 61.9 Å². The fourth-order valence-corrected chi connectivity index (χ4v) is 10.2. The lowest BCUT2D eigenvalue weighted by molar-refractivity contribution is -0.144. The van der Waals surface area contributed by atoms with Crippen molar-refractivity contribution in [1.29, 1.82) is 0 Å². The third-order valence-corrected chi connectivity index (χ3v) is 13.3. The molecule has 2 saturated heterocycles. The smallest absolute Gasteiger partial charge is 0.408 e. The van der Waals surface area contributed by atoms with E-state index < -0.39 is 60.7 Å². The number of anilines is 2. The highest BCUT2D eigenvalue weighted by molar-refractivity contribution is 9.10. The molecule has 15 nitrogen and oxygen atoms in total. The molecule has 0 spiro atoms. The van der Waals surface area contributed by atoms with Gasteiger partial charge in [-0.15, -0.1) is 5.10 Å². The maximum Gasteiger partial charge on any atom is 0.408 e. The molecule has 4 fully saturated rings. The molecule has 4 aliphatic rings. The Kier molecular flexibility index (Phi) is 16.2. The molecule has 73 heavy (non-hydrogen) atoms. The summed E-state index contributed by atoms with van der Waals surface area (Å²) in [5, 5.41) is 7.49. The second kappa shape index (κ2) is 22.4. The largest absolute Gasteiger partial charge is 0.481 e. The van der Waals surface area contributed by atoms with Gasteiger partial charge in [0.15, 0.2) is 5.82 Å². The number of methoxy groups -OCH3 is 2. The fourth-order valence-electron chi connectivity index (χ4n) is 9.82. The van der Waals surface area contributed by atoms with Gasteiger partial charge >= 0.3 is 24.4 Å². The molecule has 4 aromatic heterocycles. The molecule has 4 bridgehead atoms. The van der Waals surface area contributed by atoms with E-state index in [1.165, 1.54) is 18.5 Å². The van der Waals surface area contributed by atoms with Crippen LogP contribution in [-0.2, 0) is 19.5 Å². The second-order valence-corrected chi connectivity index (χ2v) is 18.7. The predicted octanol–water partition coefficient (Wildman–Crippen LogP) is 9.96. The standard InChI is InChI=1S/C24H24F5N5O2.C13H19N3O.C10H5BrF5N3O/c1-35-22-9-18(4-5-30-22)33-11-14-2-3-15(12-33)20(14)10-21-31-23(34(32-21)13-24(27,28)29)36-19-7-16(25)6-17(26)8-19;1-17-12-6-11(4-5-15-12)16-7-9-2-3-10(8-16)13(9)14;11-8-17-9(19(18-8)4-10(14,15)16)20-7-2-5(12)1-6(13)3-7/h4-9,14-15,20H,2-3,10-13H2,1H3;4-6,9-10,13H,2-3,7-8,14H2,1H3;1-3H,4H2. The quantitative estimate of drug-likeness (QED) is 0.116. The second-order valence-electron chi connectivity index (χ2n) is 18.0. The molecule has 2 aliphatic carbocycles. The van der Waals surface area contributed by atoms with Crippen LogP contribution in [0.2, 0.25) is 0 Å². The zero-order valence-corrected chi connectivity index (χ0v) is 40.6. The molecule has 6 heterocycles. The van der Waals surface area contributed by atoms with Gasteiger partial charge in [-0.05, 0) is 83.3 Å². The first kappa shape index (κ1) is 52.9. The average molecular weight is 1100 g/mol. The zero-order chi connectivity index (χ0) is 52.2. The first-order valence-corrected chi connectivity index (χ1v) is 23.7. The van der Waals surface area contributed by atoms with E-state index in [0.717, 1.165) is 69.0 Å². The van der Waals surface area contributed by atoms with Gasteiger partial charge in [0.05, 0.1) is 14.2 Å². The summed E-state index contributed by atoms with van der Waals surface area (Å²) >= 11 is 2.79. The van der Waals surface area contributed by atoms with Crippen LogP contribution < -0.4 is 34.5 Å². The number of piperidine rings is 2. The summed E-state index contributed by atoms with van der Waals surface area (Å²) in [6.45, 7) is 0.865. The number of ether oxygens (including phenoxy) is 4. The molecule has 2 aliphatic heterocycles. The van der Waals surface area contributed by atoms with Crippen molar-refractivity contribution in [3.8, 4) is 35.3 Å². The molecular formula is C47H48BrF10N11O4. The van der Waals surface area contributed by atoms with Crippen LogP contribution in [0.1, 0.15) is 31.5 Å². The number of alkyl halides is 6. The van der Waals surface area contributed by atoms with Gasteiger partial charge in [-0.25, -0.2) is 36.9 Å². The lowest BCUT2D eigenvalue weighted by atomic mass is 9.82. The maximum atomic E-state index is 13.5. The van der Waals surface area contributed by atoms with E-state index in [4.69, 9.17) is 24.7 Å². The number of nitrogens with two attached hydrogens (primary N) is 1. The zero-order valence-electron chi connectivity index (χ0n) is 39.0. The van der Waals surface area contributed by atoms with E-state index in [-0.39, 0.29) is 28.0 Å². The van der Waals surface area contributed by atoms with Gasteiger partial charge in [-0.3, -0.25) is 0 Å². The number of fused-ring (bicyclic) bond motifs is 4. The molecule has 26 heteroatoms. The Balaban J connectivity index is 0.000000161. The SMILES string of the molecule is COc1cc(N2CC3CCC(C2)C3Cc2nc(Oc3cc(F)cc(F)c3)n(CC(F)(F)F)n2)ccn1.COc1cc(N2CC3CCC(C2)C3N)ccn1.Fc1cc(F)cc(Oc2nc(Br)nn2CC(F)(F)F)c1. The van der Waals surface area contributed by atoms with Crippen molar-refractivity contribution in [1.82, 2.24) is 39.5 Å². The van der Waals surface area contributed by atoms with Crippen molar-refractivity contribution in [3.63, 3.8) is 0 Å². The van der Waals surface area contributed by atoms with Crippen LogP contribution in [0.4, 0.5) is 55.3 Å². The Morgan fingerprint density at radius 3 is 1.44 bits per heavy atom. The summed E-state index contributed by atoms with van der Waals surface area (Å²) in [6, 6.07) is 11.9. The third kappa shape index (κ3) is 14.0. The highest BCUT2D eigenvalue weighted by atomic mass is 79.9. The minimum atomic E-state index is -4.58. The minimum absolute atomic E-state index is 0.145. The lowest BCUT2D eigenvalue weighted by Crippen LogP contribution is -2.48. The average Bonchev–Trinajstić information content (AvgIpc) is 3.96. The van der Waals surface area contributed by atoms with Crippen LogP contribution in [0.5, 0.6) is 35.3 Å². The molecule has 6 aromatic rings. The summed E-state index contributed by atoms with van der Waals surface area (Å²) in [4.78, 5) is 20.7. The number of halogens is 11. The Morgan fingerprint density at radius 1 is 0.589 bits per heavy atom. The van der Waals surface area contributed by atoms with E-state index in [1.54, 1.807) is 20.4 Å². The van der Waals surface area contributed by atoms with Crippen molar-refractivity contribution in [2.75, 3.05) is 50.2 Å². The monoisotopic (exact) mass is 1100 g/mol. The van der Waals surface area contributed by atoms with E-state index in [1.807, 2.05) is 24.4 Å². The Labute approximate surface area is 419 Å². The van der Waals surface area contributed by atoms with Gasteiger partial charge in [0.2, 0.25) is 16.5 Å². The van der Waals surface area contributed by atoms with Crippen LogP contribution >= 0.6 is 15.9 Å². The summed E-state index contributed by atoms with van der Waals surface area (Å²) in [6.07, 6.45) is -0.649. The highest BCUT2D eigenvalue weighted by Crippen LogP contribution is 2.45. The van der Waals surface area contributed by atoms with Crippen molar-refractivity contribution in [2.45, 2.75) is 63.6 Å². The number of rotatable bonds is 12. The maximum absolute atomic E-state index is 13.5. The number of benzene rings is 2. The van der Waals surface area contributed by atoms with Crippen LogP contribution in [0.25, 0.3) is 0 Å². The summed E-state index contributed by atoms with van der Waals surface area (Å²) < 4.78 is 151. The predicted molar refractivity (Wildman–Crippen MR) is 246 cm³/mol. The van der Waals surface area contributed by atoms with Gasteiger partial charge in [0.1, 0.15) is 47.9 Å². The van der Waals surface area contributed by atoms with Crippen molar-refractivity contribution in [3.05, 3.63) is 107 Å². The molecule has 392 valence electrons. The summed E-state index contributed by atoms with van der Waals surface area (Å²) in [7, 11) is 3.22. The fraction of sp³-hybridized carbons (Fsp3) is 0.447. The molecule has 2 N–H and O–H groups in total. The number of nitrogens with zero attached hydrogens (tertiary/aromatic N) is 10. The number of aromatic nitrogens is 8. The Hall–Kier alpha value is -6.44. The summed E-state index contributed by atoms with van der Waals surface area (Å²) in [5.74, 6) is -0.720. The normalized spacial score (nSPS) is 21.2. The number of hydrogen-bond acceptors (Lipinski definition) is 13. The van der Waals surface area contributed by atoms with Gasteiger partial charge in [0, 0.05) is 111 Å². The van der Waals surface area contributed by atoms with Crippen molar-refractivity contribution >= 4 is 27.3 Å². The van der Waals surface area contributed by atoms with E-state index in [0.29, 0.717) is 69.4 Å². The van der Waals surface area contributed by atoms with Crippen LogP contribution in [0, 0.1) is 52.9 Å². The van der Waals surface area contributed by atoms with Crippen LogP contribution in [-0.4, -0.2) is 98.3 Å². The van der Waals surface area contributed by atoms with Crippen molar-refractivity contribution in [2.24, 2.45) is 35.3 Å². The topological polar surface area (TPSA) is 157 Å². The lowest BCUT2D eigenvalue weighted by Gasteiger charge is -2.39. The first-order chi connectivity index (χ1) is 34.7. The van der Waals surface area contributed by atoms with Crippen LogP contribution in [0.3, 0.4) is 0 Å². The molecule has 0 amide bonds. The minimum Gasteiger partial charge on any atom is -0.481 e. The van der Waals surface area contributed by atoms with Gasteiger partial charge in [-0.1, -0.05) is 0 Å². The van der Waals surface area contributed by atoms with Crippen molar-refractivity contribution < 1.29 is 62.9 Å². The van der Waals surface area contributed by atoms with Gasteiger partial charge in [0.25, 0.3) is 0 Å². The van der Waals surface area contributed by atoms with E-state index in [9.17, 15) is 43.9 Å².